The van der Waals surface area contributed by atoms with Gasteiger partial charge < -0.3 is 14.6 Å². The van der Waals surface area contributed by atoms with Gasteiger partial charge in [0.15, 0.2) is 0 Å². The average molecular weight is 473 g/mol. The topological polar surface area (TPSA) is 115 Å². The number of nitrogens with zero attached hydrogens (tertiary/aromatic N) is 3. The van der Waals surface area contributed by atoms with Crippen molar-refractivity contribution in [2.24, 2.45) is 0 Å². The van der Waals surface area contributed by atoms with Crippen LogP contribution in [0.5, 0.6) is 5.75 Å². The molecule has 33 heavy (non-hydrogen) atoms. The minimum absolute atomic E-state index is 0.0860. The molecule has 0 bridgehead atoms. The van der Waals surface area contributed by atoms with E-state index in [0.717, 1.165) is 16.7 Å². The van der Waals surface area contributed by atoms with Gasteiger partial charge in [-0.05, 0) is 55.7 Å². The smallest absolute Gasteiger partial charge is 0.246 e. The van der Waals surface area contributed by atoms with Crippen LogP contribution in [0.3, 0.4) is 0 Å². The van der Waals surface area contributed by atoms with E-state index in [9.17, 15) is 13.2 Å². The summed E-state index contributed by atoms with van der Waals surface area (Å²) in [5.74, 6) is 1.12. The van der Waals surface area contributed by atoms with Gasteiger partial charge >= 0.3 is 0 Å². The fourth-order valence-corrected chi connectivity index (χ4v) is 4.38. The Morgan fingerprint density at radius 1 is 1.15 bits per heavy atom. The molecule has 0 saturated carbocycles. The summed E-state index contributed by atoms with van der Waals surface area (Å²) in [6.45, 7) is 4.13. The molecule has 1 amide bonds. The molecule has 0 radical (unpaired) electrons. The van der Waals surface area contributed by atoms with E-state index in [1.165, 1.54) is 10.6 Å². The number of ether oxygens (including phenoxy) is 1. The summed E-state index contributed by atoms with van der Waals surface area (Å²) >= 11 is 0. The van der Waals surface area contributed by atoms with Crippen LogP contribution in [0.1, 0.15) is 29.9 Å². The van der Waals surface area contributed by atoms with Gasteiger partial charge in [-0.3, -0.25) is 9.10 Å². The molecule has 10 heteroatoms. The first kappa shape index (κ1) is 24.2. The molecule has 0 aliphatic carbocycles. The molecule has 0 aliphatic heterocycles. The second kappa shape index (κ2) is 10.5. The van der Waals surface area contributed by atoms with Crippen molar-refractivity contribution < 1.29 is 22.5 Å². The Kier molecular flexibility index (Phi) is 7.70. The molecular weight excluding hydrogens is 444 g/mol. The Labute approximate surface area is 193 Å². The number of carbonyl (C=O) groups excluding carboxylic acids is 1. The van der Waals surface area contributed by atoms with Crippen LogP contribution in [0.25, 0.3) is 11.4 Å². The predicted molar refractivity (Wildman–Crippen MR) is 125 cm³/mol. The lowest BCUT2D eigenvalue weighted by molar-refractivity contribution is -0.121. The second-order valence-corrected chi connectivity index (χ2v) is 9.71. The fourth-order valence-electron chi connectivity index (χ4n) is 3.43. The van der Waals surface area contributed by atoms with Gasteiger partial charge in [0.2, 0.25) is 27.6 Å². The van der Waals surface area contributed by atoms with Crippen LogP contribution < -0.4 is 14.4 Å². The highest BCUT2D eigenvalue weighted by molar-refractivity contribution is 7.92. The first-order valence-electron chi connectivity index (χ1n) is 10.5. The van der Waals surface area contributed by atoms with Crippen molar-refractivity contribution >= 4 is 21.6 Å². The molecule has 3 rings (SSSR count). The van der Waals surface area contributed by atoms with Gasteiger partial charge in [-0.15, -0.1) is 0 Å². The first-order valence-corrected chi connectivity index (χ1v) is 12.3. The van der Waals surface area contributed by atoms with Gasteiger partial charge in [0.1, 0.15) is 5.75 Å². The Morgan fingerprint density at radius 2 is 1.88 bits per heavy atom. The van der Waals surface area contributed by atoms with Gasteiger partial charge in [0.25, 0.3) is 0 Å². The lowest BCUT2D eigenvalue weighted by Crippen LogP contribution is -2.32. The molecule has 0 atom stereocenters. The summed E-state index contributed by atoms with van der Waals surface area (Å²) in [5, 5.41) is 6.66. The van der Waals surface area contributed by atoms with Crippen LogP contribution >= 0.6 is 0 Å². The van der Waals surface area contributed by atoms with Crippen LogP contribution in [0.15, 0.2) is 47.0 Å². The zero-order valence-corrected chi connectivity index (χ0v) is 20.0. The Morgan fingerprint density at radius 3 is 2.55 bits per heavy atom. The molecule has 0 saturated heterocycles. The maximum absolute atomic E-state index is 12.3. The summed E-state index contributed by atoms with van der Waals surface area (Å²) in [4.78, 5) is 16.6. The van der Waals surface area contributed by atoms with Gasteiger partial charge in [-0.2, -0.15) is 4.98 Å². The number of sulfonamides is 1. The van der Waals surface area contributed by atoms with Crippen molar-refractivity contribution in [2.45, 2.75) is 33.2 Å². The predicted octanol–water partition coefficient (Wildman–Crippen LogP) is 3.22. The fraction of sp³-hybridized carbons (Fsp3) is 0.348. The zero-order chi connectivity index (χ0) is 24.0. The number of amides is 1. The molecule has 2 aromatic carbocycles. The van der Waals surface area contributed by atoms with E-state index in [4.69, 9.17) is 9.26 Å². The highest BCUT2D eigenvalue weighted by Crippen LogP contribution is 2.22. The summed E-state index contributed by atoms with van der Waals surface area (Å²) in [6, 6.07) is 12.9. The Bertz CT molecular complexity index is 1200. The van der Waals surface area contributed by atoms with Crippen molar-refractivity contribution in [1.29, 1.82) is 0 Å². The number of carbonyl (C=O) groups is 1. The molecule has 1 heterocycles. The molecule has 1 N–H and O–H groups in total. The number of hydrogen-bond acceptors (Lipinski definition) is 7. The zero-order valence-electron chi connectivity index (χ0n) is 19.2. The van der Waals surface area contributed by atoms with E-state index in [1.807, 2.05) is 50.2 Å². The lowest BCUT2D eigenvalue weighted by atomic mass is 10.1. The molecule has 0 unspecified atom stereocenters. The average Bonchev–Trinajstić information content (AvgIpc) is 3.23. The summed E-state index contributed by atoms with van der Waals surface area (Å²) < 4.78 is 36.3. The van der Waals surface area contributed by atoms with E-state index in [2.05, 4.69) is 15.5 Å². The van der Waals surface area contributed by atoms with Crippen LogP contribution in [-0.4, -0.2) is 44.4 Å². The number of anilines is 1. The third-order valence-electron chi connectivity index (χ3n) is 4.89. The normalized spacial score (nSPS) is 11.3. The van der Waals surface area contributed by atoms with Crippen molar-refractivity contribution in [2.75, 3.05) is 24.2 Å². The molecule has 0 fully saturated rings. The van der Waals surface area contributed by atoms with E-state index < -0.39 is 10.0 Å². The van der Waals surface area contributed by atoms with Gasteiger partial charge in [0, 0.05) is 18.5 Å². The number of aromatic nitrogens is 2. The standard InChI is InChI=1S/C23H28N4O5S/c1-16-11-17(2)13-19(12-16)27(33(4,29)30)10-6-9-21(28)24-15-22-25-23(26-32-22)18-7-5-8-20(14-18)31-3/h5,7-8,11-14H,6,9-10,15H2,1-4H3,(H,24,28). The highest BCUT2D eigenvalue weighted by Gasteiger charge is 2.18. The van der Waals surface area contributed by atoms with Crippen molar-refractivity contribution in [1.82, 2.24) is 15.5 Å². The minimum atomic E-state index is -3.47. The monoisotopic (exact) mass is 472 g/mol. The SMILES string of the molecule is COc1cccc(-c2noc(CNC(=O)CCCN(c3cc(C)cc(C)c3)S(C)(=O)=O)n2)c1. The van der Waals surface area contributed by atoms with Gasteiger partial charge in [-0.1, -0.05) is 23.4 Å². The van der Waals surface area contributed by atoms with E-state index in [-0.39, 0.29) is 31.3 Å². The molecule has 0 spiro atoms. The van der Waals surface area contributed by atoms with Crippen LogP contribution in [-0.2, 0) is 21.4 Å². The number of rotatable bonds is 10. The number of nitrogens with one attached hydrogen (secondary N) is 1. The third kappa shape index (κ3) is 6.79. The first-order chi connectivity index (χ1) is 15.7. The number of benzene rings is 2. The van der Waals surface area contributed by atoms with Crippen molar-refractivity contribution in [3.05, 3.63) is 59.5 Å². The number of aryl methyl sites for hydroxylation is 2. The Balaban J connectivity index is 1.53. The summed E-state index contributed by atoms with van der Waals surface area (Å²) in [7, 11) is -1.90. The third-order valence-corrected chi connectivity index (χ3v) is 6.09. The van der Waals surface area contributed by atoms with Crippen molar-refractivity contribution in [3.63, 3.8) is 0 Å². The van der Waals surface area contributed by atoms with Gasteiger partial charge in [-0.25, -0.2) is 8.42 Å². The maximum Gasteiger partial charge on any atom is 0.246 e. The molecule has 3 aromatic rings. The summed E-state index contributed by atoms with van der Waals surface area (Å²) in [5.41, 5.74) is 3.29. The molecule has 176 valence electrons. The van der Waals surface area contributed by atoms with E-state index in [1.54, 1.807) is 13.2 Å². The van der Waals surface area contributed by atoms with E-state index >= 15 is 0 Å². The minimum Gasteiger partial charge on any atom is -0.497 e. The molecule has 1 aromatic heterocycles. The van der Waals surface area contributed by atoms with Crippen LogP contribution in [0, 0.1) is 13.8 Å². The Hall–Kier alpha value is -3.40. The largest absolute Gasteiger partial charge is 0.497 e. The van der Waals surface area contributed by atoms with Crippen LogP contribution in [0.4, 0.5) is 5.69 Å². The van der Waals surface area contributed by atoms with Crippen LogP contribution in [0.2, 0.25) is 0 Å². The highest BCUT2D eigenvalue weighted by atomic mass is 32.2. The van der Waals surface area contributed by atoms with Gasteiger partial charge in [0.05, 0.1) is 25.6 Å². The number of hydrogen-bond donors (Lipinski definition) is 1. The van der Waals surface area contributed by atoms with E-state index in [0.29, 0.717) is 23.7 Å². The lowest BCUT2D eigenvalue weighted by Gasteiger charge is -2.23. The van der Waals surface area contributed by atoms with Crippen molar-refractivity contribution in [3.8, 4) is 17.1 Å². The second-order valence-electron chi connectivity index (χ2n) is 7.81. The molecular formula is C23H28N4O5S. The molecule has 0 aliphatic rings. The number of methoxy groups -OCH3 is 1. The quantitative estimate of drug-likeness (QED) is 0.482. The maximum atomic E-state index is 12.3. The summed E-state index contributed by atoms with van der Waals surface area (Å²) in [6.07, 6.45) is 1.69. The molecule has 9 nitrogen and oxygen atoms in total.